The molecule has 0 saturated carbocycles. The molecule has 0 N–H and O–H groups in total. The fourth-order valence-corrected chi connectivity index (χ4v) is 4.28. The van der Waals surface area contributed by atoms with E-state index < -0.39 is 23.7 Å². The molecule has 0 spiro atoms. The van der Waals surface area contributed by atoms with Gasteiger partial charge in [0.15, 0.2) is 0 Å². The first kappa shape index (κ1) is 24.7. The number of nitrogens with zero attached hydrogens (tertiary/aromatic N) is 3. The molecule has 0 fully saturated rings. The van der Waals surface area contributed by atoms with Crippen molar-refractivity contribution in [3.63, 3.8) is 0 Å². The molecule has 1 aromatic heterocycles. The van der Waals surface area contributed by atoms with Crippen LogP contribution < -0.4 is 5.56 Å². The van der Waals surface area contributed by atoms with Gasteiger partial charge in [-0.05, 0) is 61.0 Å². The molecule has 0 aliphatic carbocycles. The van der Waals surface area contributed by atoms with Crippen molar-refractivity contribution in [2.45, 2.75) is 25.6 Å². The summed E-state index contributed by atoms with van der Waals surface area (Å²) in [5, 5.41) is 0.417. The van der Waals surface area contributed by atoms with Gasteiger partial charge < -0.3 is 4.90 Å². The van der Waals surface area contributed by atoms with Crippen LogP contribution in [0.25, 0.3) is 16.6 Å². The minimum atomic E-state index is -4.57. The third-order valence-corrected chi connectivity index (χ3v) is 6.32. The molecule has 0 aliphatic rings. The Balaban J connectivity index is 1.86. The van der Waals surface area contributed by atoms with Crippen molar-refractivity contribution >= 4 is 32.7 Å². The Morgan fingerprint density at radius 2 is 1.74 bits per heavy atom. The van der Waals surface area contributed by atoms with Crippen LogP contribution in [0.15, 0.2) is 82.1 Å². The number of alkyl halides is 3. The first-order chi connectivity index (χ1) is 16.6. The summed E-state index contributed by atoms with van der Waals surface area (Å²) in [4.78, 5) is 32.9. The van der Waals surface area contributed by atoms with Gasteiger partial charge in [-0.15, -0.1) is 0 Å². The van der Waals surface area contributed by atoms with E-state index in [1.165, 1.54) is 28.6 Å². The Hall–Kier alpha value is -3.46. The maximum atomic E-state index is 13.6. The predicted molar refractivity (Wildman–Crippen MR) is 132 cm³/mol. The van der Waals surface area contributed by atoms with Gasteiger partial charge >= 0.3 is 6.18 Å². The van der Waals surface area contributed by atoms with Crippen LogP contribution in [0.3, 0.4) is 0 Å². The molecule has 4 rings (SSSR count). The Morgan fingerprint density at radius 3 is 2.40 bits per heavy atom. The third kappa shape index (κ3) is 4.86. The SMILES string of the molecule is CCC(c1nc2ccccc2c(=O)n1-c1ccc(Br)cc1)N(C)C(=O)c1cccc(C(F)(F)F)c1. The molecule has 1 heterocycles. The smallest absolute Gasteiger partial charge is 0.332 e. The predicted octanol–water partition coefficient (Wildman–Crippen LogP) is 6.39. The number of halogens is 4. The second-order valence-electron chi connectivity index (χ2n) is 8.02. The van der Waals surface area contributed by atoms with Crippen molar-refractivity contribution in [1.82, 2.24) is 14.5 Å². The number of aromatic nitrogens is 2. The zero-order valence-electron chi connectivity index (χ0n) is 18.9. The van der Waals surface area contributed by atoms with Crippen LogP contribution in [-0.4, -0.2) is 27.4 Å². The summed E-state index contributed by atoms with van der Waals surface area (Å²) in [7, 11) is 1.50. The second kappa shape index (κ2) is 9.65. The molecule has 0 saturated heterocycles. The molecule has 5 nitrogen and oxygen atoms in total. The van der Waals surface area contributed by atoms with Crippen LogP contribution in [0.5, 0.6) is 0 Å². The average Bonchev–Trinajstić information content (AvgIpc) is 2.84. The Kier molecular flexibility index (Phi) is 6.80. The summed E-state index contributed by atoms with van der Waals surface area (Å²) in [6.45, 7) is 1.83. The van der Waals surface area contributed by atoms with E-state index in [0.29, 0.717) is 28.8 Å². The van der Waals surface area contributed by atoms with Gasteiger partial charge in [0, 0.05) is 17.1 Å². The highest BCUT2D eigenvalue weighted by Crippen LogP contribution is 2.31. The highest BCUT2D eigenvalue weighted by molar-refractivity contribution is 9.10. The quantitative estimate of drug-likeness (QED) is 0.293. The van der Waals surface area contributed by atoms with E-state index in [9.17, 15) is 22.8 Å². The fraction of sp³-hybridized carbons (Fsp3) is 0.192. The molecule has 9 heteroatoms. The molecular formula is C26H21BrF3N3O2. The molecule has 0 aliphatic heterocycles. The van der Waals surface area contributed by atoms with E-state index in [0.717, 1.165) is 16.6 Å². The molecule has 4 aromatic rings. The normalized spacial score (nSPS) is 12.5. The van der Waals surface area contributed by atoms with Crippen molar-refractivity contribution in [2.24, 2.45) is 0 Å². The van der Waals surface area contributed by atoms with Crippen molar-refractivity contribution in [1.29, 1.82) is 0 Å². The molecule has 0 radical (unpaired) electrons. The van der Waals surface area contributed by atoms with Gasteiger partial charge in [0.1, 0.15) is 5.82 Å². The lowest BCUT2D eigenvalue weighted by Crippen LogP contribution is -2.36. The molecular weight excluding hydrogens is 523 g/mol. The molecule has 1 amide bonds. The number of fused-ring (bicyclic) bond motifs is 1. The van der Waals surface area contributed by atoms with Crippen molar-refractivity contribution in [3.05, 3.63) is 105 Å². The highest BCUT2D eigenvalue weighted by Gasteiger charge is 2.32. The van der Waals surface area contributed by atoms with E-state index in [1.807, 2.05) is 6.92 Å². The van der Waals surface area contributed by atoms with E-state index in [1.54, 1.807) is 48.5 Å². The molecule has 180 valence electrons. The number of hydrogen-bond donors (Lipinski definition) is 0. The number of carbonyl (C=O) groups is 1. The van der Waals surface area contributed by atoms with Crippen LogP contribution in [0.4, 0.5) is 13.2 Å². The maximum Gasteiger partial charge on any atom is 0.416 e. The third-order valence-electron chi connectivity index (χ3n) is 5.80. The number of para-hydroxylation sites is 1. The van der Waals surface area contributed by atoms with Crippen molar-refractivity contribution in [2.75, 3.05) is 7.05 Å². The summed E-state index contributed by atoms with van der Waals surface area (Å²) in [6, 6.07) is 17.6. The van der Waals surface area contributed by atoms with Gasteiger partial charge in [0.2, 0.25) is 0 Å². The summed E-state index contributed by atoms with van der Waals surface area (Å²) >= 11 is 3.39. The Morgan fingerprint density at radius 1 is 1.06 bits per heavy atom. The average molecular weight is 544 g/mol. The number of carbonyl (C=O) groups excluding carboxylic acids is 1. The standard InChI is InChI=1S/C26H21BrF3N3O2/c1-3-22(32(2)24(34)16-7-6-8-17(15-16)26(28,29)30)23-31-21-10-5-4-9-20(21)25(35)33(23)19-13-11-18(27)12-14-19/h4-15,22H,3H2,1-2H3. The van der Waals surface area contributed by atoms with Crippen molar-refractivity contribution in [3.8, 4) is 5.69 Å². The number of hydrogen-bond acceptors (Lipinski definition) is 3. The molecule has 1 unspecified atom stereocenters. The number of rotatable bonds is 5. The van der Waals surface area contributed by atoms with Gasteiger partial charge in [-0.25, -0.2) is 4.98 Å². The van der Waals surface area contributed by atoms with E-state index in [4.69, 9.17) is 4.98 Å². The van der Waals surface area contributed by atoms with Gasteiger partial charge in [-0.2, -0.15) is 13.2 Å². The van der Waals surface area contributed by atoms with Crippen molar-refractivity contribution < 1.29 is 18.0 Å². The topological polar surface area (TPSA) is 55.2 Å². The maximum absolute atomic E-state index is 13.6. The van der Waals surface area contributed by atoms with E-state index in [2.05, 4.69) is 15.9 Å². The van der Waals surface area contributed by atoms with Crippen LogP contribution >= 0.6 is 15.9 Å². The van der Waals surface area contributed by atoms with Gasteiger partial charge in [0.25, 0.3) is 11.5 Å². The molecule has 35 heavy (non-hydrogen) atoms. The molecule has 0 bridgehead atoms. The van der Waals surface area contributed by atoms with Crippen LogP contribution in [0.2, 0.25) is 0 Å². The number of benzene rings is 3. The van der Waals surface area contributed by atoms with Crippen LogP contribution in [0.1, 0.15) is 41.1 Å². The largest absolute Gasteiger partial charge is 0.416 e. The van der Waals surface area contributed by atoms with Crippen LogP contribution in [0, 0.1) is 0 Å². The van der Waals surface area contributed by atoms with Gasteiger partial charge in [-0.1, -0.05) is 41.1 Å². The van der Waals surface area contributed by atoms with Gasteiger partial charge in [0.05, 0.1) is 28.2 Å². The summed E-state index contributed by atoms with van der Waals surface area (Å²) in [5.74, 6) is -0.283. The summed E-state index contributed by atoms with van der Waals surface area (Å²) in [5.41, 5.74) is -0.269. The van der Waals surface area contributed by atoms with Gasteiger partial charge in [-0.3, -0.25) is 14.2 Å². The number of amides is 1. The Bertz CT molecular complexity index is 1450. The lowest BCUT2D eigenvalue weighted by atomic mass is 10.1. The zero-order valence-corrected chi connectivity index (χ0v) is 20.5. The Labute approximate surface area is 208 Å². The first-order valence-corrected chi connectivity index (χ1v) is 11.6. The summed E-state index contributed by atoms with van der Waals surface area (Å²) < 4.78 is 41.9. The fourth-order valence-electron chi connectivity index (χ4n) is 4.02. The minimum Gasteiger partial charge on any atom is -0.332 e. The van der Waals surface area contributed by atoms with E-state index >= 15 is 0 Å². The van der Waals surface area contributed by atoms with E-state index in [-0.39, 0.29) is 11.1 Å². The highest BCUT2D eigenvalue weighted by atomic mass is 79.9. The molecule has 3 aromatic carbocycles. The van der Waals surface area contributed by atoms with Crippen LogP contribution in [-0.2, 0) is 6.18 Å². The summed E-state index contributed by atoms with van der Waals surface area (Å²) in [6.07, 6.45) is -4.19. The monoisotopic (exact) mass is 543 g/mol. The lowest BCUT2D eigenvalue weighted by Gasteiger charge is -2.29. The zero-order chi connectivity index (χ0) is 25.3. The first-order valence-electron chi connectivity index (χ1n) is 10.8. The lowest BCUT2D eigenvalue weighted by molar-refractivity contribution is -0.137. The minimum absolute atomic E-state index is 0.0981. The molecule has 1 atom stereocenters. The second-order valence-corrected chi connectivity index (χ2v) is 8.94.